The molecule has 1 aliphatic rings. The zero-order valence-electron chi connectivity index (χ0n) is 15.9. The number of aromatic nitrogens is 1. The maximum atomic E-state index is 8.97. The second kappa shape index (κ2) is 7.67. The van der Waals surface area contributed by atoms with Crippen LogP contribution in [-0.4, -0.2) is 42.1 Å². The van der Waals surface area contributed by atoms with Gasteiger partial charge in [-0.25, -0.2) is 4.98 Å². The van der Waals surface area contributed by atoms with Gasteiger partial charge >= 0.3 is 0 Å². The molecule has 0 aliphatic carbocycles. The molecule has 1 atom stereocenters. The smallest absolute Gasteiger partial charge is 0.186 e. The quantitative estimate of drug-likeness (QED) is 0.644. The summed E-state index contributed by atoms with van der Waals surface area (Å²) in [6.45, 7) is 8.88. The molecule has 0 spiro atoms. The van der Waals surface area contributed by atoms with E-state index in [1.807, 2.05) is 24.3 Å². The molecule has 1 saturated heterocycles. The fourth-order valence-electron chi connectivity index (χ4n) is 3.92. The summed E-state index contributed by atoms with van der Waals surface area (Å²) >= 11 is 1.78. The molecule has 27 heavy (non-hydrogen) atoms. The highest BCUT2D eigenvalue weighted by Crippen LogP contribution is 2.34. The minimum atomic E-state index is 0.640. The number of likely N-dealkylation sites (N-methyl/N-ethyl adjacent to an activating group) is 1. The highest BCUT2D eigenvalue weighted by Gasteiger charge is 2.27. The van der Waals surface area contributed by atoms with Crippen LogP contribution in [0, 0.1) is 11.3 Å². The Morgan fingerprint density at radius 1 is 1.15 bits per heavy atom. The van der Waals surface area contributed by atoms with Crippen molar-refractivity contribution in [2.24, 2.45) is 0 Å². The van der Waals surface area contributed by atoms with Crippen molar-refractivity contribution in [1.82, 2.24) is 9.88 Å². The van der Waals surface area contributed by atoms with Crippen molar-refractivity contribution in [3.8, 4) is 17.2 Å². The largest absolute Gasteiger partial charge is 0.346 e. The number of nitrogens with zero attached hydrogens (tertiary/aromatic N) is 4. The molecule has 1 fully saturated rings. The summed E-state index contributed by atoms with van der Waals surface area (Å²) < 4.78 is 1.22. The van der Waals surface area contributed by atoms with E-state index in [0.717, 1.165) is 42.4 Å². The van der Waals surface area contributed by atoms with E-state index in [0.29, 0.717) is 11.6 Å². The summed E-state index contributed by atoms with van der Waals surface area (Å²) in [5.74, 6) is 0. The molecule has 0 unspecified atom stereocenters. The van der Waals surface area contributed by atoms with Gasteiger partial charge < -0.3 is 4.90 Å². The van der Waals surface area contributed by atoms with Gasteiger partial charge in [-0.2, -0.15) is 5.26 Å². The number of nitriles is 1. The summed E-state index contributed by atoms with van der Waals surface area (Å²) in [6.07, 6.45) is 1.22. The van der Waals surface area contributed by atoms with Crippen LogP contribution in [0.3, 0.4) is 0 Å². The number of thiazole rings is 1. The van der Waals surface area contributed by atoms with Gasteiger partial charge in [0.25, 0.3) is 0 Å². The minimum Gasteiger partial charge on any atom is -0.346 e. The first kappa shape index (κ1) is 18.0. The Morgan fingerprint density at radius 2 is 1.89 bits per heavy atom. The van der Waals surface area contributed by atoms with Crippen LogP contribution in [0.15, 0.2) is 42.5 Å². The van der Waals surface area contributed by atoms with Crippen molar-refractivity contribution in [2.45, 2.75) is 26.3 Å². The molecule has 4 nitrogen and oxygen atoms in total. The molecule has 0 N–H and O–H groups in total. The molecule has 4 rings (SSSR count). The number of rotatable bonds is 5. The van der Waals surface area contributed by atoms with Crippen molar-refractivity contribution >= 4 is 26.7 Å². The van der Waals surface area contributed by atoms with Crippen molar-refractivity contribution in [3.05, 3.63) is 48.0 Å². The number of fused-ring (bicyclic) bond motifs is 1. The second-order valence-electron chi connectivity index (χ2n) is 6.98. The van der Waals surface area contributed by atoms with Crippen LogP contribution in [0.25, 0.3) is 21.3 Å². The Hall–Kier alpha value is -2.42. The lowest BCUT2D eigenvalue weighted by atomic mass is 10.0. The Labute approximate surface area is 164 Å². The Bertz CT molecular complexity index is 966. The standard InChI is InChI=1S/C22H24N4S/c1-3-25(4-2)19-11-12-26(15-19)22-24-20-10-9-18(13-21(20)27-22)17-7-5-16(14-23)6-8-17/h5-10,13,19H,3-4,11-12,15H2,1-2H3/t19-/m0/s1. The van der Waals surface area contributed by atoms with Gasteiger partial charge in [0.05, 0.1) is 21.8 Å². The molecule has 1 aromatic heterocycles. The fraction of sp³-hybridized carbons (Fsp3) is 0.364. The number of benzene rings is 2. The van der Waals surface area contributed by atoms with Gasteiger partial charge in [-0.05, 0) is 54.9 Å². The van der Waals surface area contributed by atoms with Crippen LogP contribution in [-0.2, 0) is 0 Å². The van der Waals surface area contributed by atoms with Crippen molar-refractivity contribution in [1.29, 1.82) is 5.26 Å². The lowest BCUT2D eigenvalue weighted by molar-refractivity contribution is 0.232. The third-order valence-electron chi connectivity index (χ3n) is 5.49. The summed E-state index contributed by atoms with van der Waals surface area (Å²) in [5.41, 5.74) is 4.06. The fourth-order valence-corrected chi connectivity index (χ4v) is 4.96. The lowest BCUT2D eigenvalue weighted by Gasteiger charge is -2.25. The molecule has 2 heterocycles. The summed E-state index contributed by atoms with van der Waals surface area (Å²) in [7, 11) is 0. The van der Waals surface area contributed by atoms with Gasteiger partial charge in [0, 0.05) is 19.1 Å². The van der Waals surface area contributed by atoms with E-state index >= 15 is 0 Å². The molecule has 2 aromatic carbocycles. The third kappa shape index (κ3) is 3.55. The average molecular weight is 377 g/mol. The molecule has 3 aromatic rings. The van der Waals surface area contributed by atoms with Crippen LogP contribution in [0.2, 0.25) is 0 Å². The molecular weight excluding hydrogens is 352 g/mol. The lowest BCUT2D eigenvalue weighted by Crippen LogP contribution is -2.37. The van der Waals surface area contributed by atoms with Gasteiger partial charge in [-0.1, -0.05) is 43.4 Å². The van der Waals surface area contributed by atoms with E-state index in [9.17, 15) is 0 Å². The number of hydrogen-bond acceptors (Lipinski definition) is 5. The van der Waals surface area contributed by atoms with Crippen LogP contribution < -0.4 is 4.90 Å². The SMILES string of the molecule is CCN(CC)[C@H]1CCN(c2nc3ccc(-c4ccc(C#N)cc4)cc3s2)C1. The number of hydrogen-bond donors (Lipinski definition) is 0. The van der Waals surface area contributed by atoms with Crippen LogP contribution in [0.4, 0.5) is 5.13 Å². The van der Waals surface area contributed by atoms with E-state index in [-0.39, 0.29) is 0 Å². The maximum Gasteiger partial charge on any atom is 0.186 e. The number of anilines is 1. The van der Waals surface area contributed by atoms with Crippen molar-refractivity contribution in [3.63, 3.8) is 0 Å². The van der Waals surface area contributed by atoms with Crippen LogP contribution in [0.1, 0.15) is 25.8 Å². The zero-order chi connectivity index (χ0) is 18.8. The molecule has 0 amide bonds. The van der Waals surface area contributed by atoms with Crippen LogP contribution >= 0.6 is 11.3 Å². The van der Waals surface area contributed by atoms with E-state index in [1.54, 1.807) is 11.3 Å². The summed E-state index contributed by atoms with van der Waals surface area (Å²) in [6, 6.07) is 17.0. The second-order valence-corrected chi connectivity index (χ2v) is 7.99. The van der Waals surface area contributed by atoms with Gasteiger partial charge in [-0.15, -0.1) is 0 Å². The van der Waals surface area contributed by atoms with E-state index in [2.05, 4.69) is 47.9 Å². The normalized spacial score (nSPS) is 17.0. The van der Waals surface area contributed by atoms with Gasteiger partial charge in [0.1, 0.15) is 0 Å². The van der Waals surface area contributed by atoms with E-state index < -0.39 is 0 Å². The molecule has 5 heteroatoms. The predicted molar refractivity (Wildman–Crippen MR) is 113 cm³/mol. The van der Waals surface area contributed by atoms with E-state index in [4.69, 9.17) is 10.2 Å². The Kier molecular flexibility index (Phi) is 5.11. The summed E-state index contributed by atoms with van der Waals surface area (Å²) in [4.78, 5) is 9.88. The highest BCUT2D eigenvalue weighted by molar-refractivity contribution is 7.22. The molecule has 0 radical (unpaired) electrons. The predicted octanol–water partition coefficient (Wildman–Crippen LogP) is 4.76. The van der Waals surface area contributed by atoms with Crippen LogP contribution in [0.5, 0.6) is 0 Å². The molecule has 1 aliphatic heterocycles. The first-order valence-electron chi connectivity index (χ1n) is 9.62. The first-order chi connectivity index (χ1) is 13.2. The highest BCUT2D eigenvalue weighted by atomic mass is 32.1. The topological polar surface area (TPSA) is 43.2 Å². The van der Waals surface area contributed by atoms with E-state index in [1.165, 1.54) is 16.7 Å². The molecule has 0 bridgehead atoms. The minimum absolute atomic E-state index is 0.640. The van der Waals surface area contributed by atoms with Gasteiger partial charge in [0.15, 0.2) is 5.13 Å². The first-order valence-corrected chi connectivity index (χ1v) is 10.4. The van der Waals surface area contributed by atoms with Gasteiger partial charge in [0.2, 0.25) is 0 Å². The zero-order valence-corrected chi connectivity index (χ0v) is 16.7. The molecule has 0 saturated carbocycles. The molecular formula is C22H24N4S. The summed E-state index contributed by atoms with van der Waals surface area (Å²) in [5, 5.41) is 10.1. The van der Waals surface area contributed by atoms with Crippen molar-refractivity contribution < 1.29 is 0 Å². The van der Waals surface area contributed by atoms with Crippen molar-refractivity contribution in [2.75, 3.05) is 31.1 Å². The average Bonchev–Trinajstić information content (AvgIpc) is 3.35. The Morgan fingerprint density at radius 3 is 2.59 bits per heavy atom. The third-order valence-corrected chi connectivity index (χ3v) is 6.57. The monoisotopic (exact) mass is 376 g/mol. The maximum absolute atomic E-state index is 8.97. The molecule has 138 valence electrons. The van der Waals surface area contributed by atoms with Gasteiger partial charge in [-0.3, -0.25) is 4.90 Å². The Balaban J connectivity index is 1.57.